The van der Waals surface area contributed by atoms with Crippen molar-refractivity contribution >= 4 is 12.1 Å². The van der Waals surface area contributed by atoms with Gasteiger partial charge in [-0.15, -0.1) is 0 Å². The highest BCUT2D eigenvalue weighted by molar-refractivity contribution is 5.88. The molecular weight excluding hydrogens is 410 g/mol. The Hall–Kier alpha value is -2.56. The van der Waals surface area contributed by atoms with Gasteiger partial charge < -0.3 is 24.6 Å². The van der Waals surface area contributed by atoms with Crippen LogP contribution in [0.3, 0.4) is 0 Å². The molecule has 0 aliphatic rings. The van der Waals surface area contributed by atoms with Crippen LogP contribution in [0, 0.1) is 17.3 Å². The summed E-state index contributed by atoms with van der Waals surface area (Å²) < 4.78 is 15.9. The summed E-state index contributed by atoms with van der Waals surface area (Å²) in [7, 11) is 0. The second-order valence-electron chi connectivity index (χ2n) is 9.34. The standard InChI is InChI=1S/C25H37NO6/c1-7-31-22(28)14-13-21(27)20(26-23(29)32-24(2,3)4)17-25(5,6)15-16-30-18-19-11-9-8-10-12-19/h8-12,20-21,27H,7,15-18H2,1-6H3,(H,26,29)/t20-,21?/m0/s1. The van der Waals surface area contributed by atoms with Crippen LogP contribution in [-0.4, -0.2) is 48.1 Å². The molecule has 2 atom stereocenters. The van der Waals surface area contributed by atoms with Crippen molar-refractivity contribution in [3.05, 3.63) is 35.9 Å². The molecule has 1 rings (SSSR count). The van der Waals surface area contributed by atoms with Gasteiger partial charge in [-0.05, 0) is 51.5 Å². The molecule has 0 aliphatic carbocycles. The van der Waals surface area contributed by atoms with Crippen molar-refractivity contribution in [1.29, 1.82) is 0 Å². The Kier molecular flexibility index (Phi) is 11.2. The SMILES string of the molecule is CCOC(=O)C#CC(O)[C@H](CC(C)(C)CCOCc1ccccc1)NC(=O)OC(C)(C)C. The van der Waals surface area contributed by atoms with Gasteiger partial charge in [-0.2, -0.15) is 0 Å². The lowest BCUT2D eigenvalue weighted by Gasteiger charge is -2.32. The van der Waals surface area contributed by atoms with Gasteiger partial charge in [0.2, 0.25) is 0 Å². The van der Waals surface area contributed by atoms with Crippen LogP contribution in [0.4, 0.5) is 4.79 Å². The number of nitrogens with one attached hydrogen (secondary N) is 1. The predicted molar refractivity (Wildman–Crippen MR) is 123 cm³/mol. The minimum absolute atomic E-state index is 0.194. The molecule has 0 bridgehead atoms. The summed E-state index contributed by atoms with van der Waals surface area (Å²) >= 11 is 0. The third kappa shape index (κ3) is 12.3. The normalized spacial score (nSPS) is 13.3. The van der Waals surface area contributed by atoms with Crippen LogP contribution in [0.25, 0.3) is 0 Å². The Morgan fingerprint density at radius 3 is 2.38 bits per heavy atom. The van der Waals surface area contributed by atoms with E-state index in [-0.39, 0.29) is 12.0 Å². The molecule has 0 spiro atoms. The average molecular weight is 448 g/mol. The molecule has 1 amide bonds. The average Bonchev–Trinajstić information content (AvgIpc) is 2.68. The van der Waals surface area contributed by atoms with Crippen molar-refractivity contribution in [3.63, 3.8) is 0 Å². The quantitative estimate of drug-likeness (QED) is 0.245. The van der Waals surface area contributed by atoms with E-state index in [4.69, 9.17) is 14.2 Å². The molecule has 0 aromatic heterocycles. The monoisotopic (exact) mass is 447 g/mol. The Labute approximate surface area is 191 Å². The molecule has 32 heavy (non-hydrogen) atoms. The number of rotatable bonds is 10. The molecule has 0 aliphatic heterocycles. The number of aliphatic hydroxyl groups is 1. The number of carbonyl (C=O) groups excluding carboxylic acids is 2. The van der Waals surface area contributed by atoms with Gasteiger partial charge in [-0.25, -0.2) is 9.59 Å². The second-order valence-corrected chi connectivity index (χ2v) is 9.34. The number of carbonyl (C=O) groups is 2. The Balaban J connectivity index is 2.75. The van der Waals surface area contributed by atoms with Gasteiger partial charge in [0.15, 0.2) is 0 Å². The van der Waals surface area contributed by atoms with Crippen LogP contribution >= 0.6 is 0 Å². The van der Waals surface area contributed by atoms with E-state index in [0.717, 1.165) is 5.56 Å². The third-order valence-corrected chi connectivity index (χ3v) is 4.49. The van der Waals surface area contributed by atoms with E-state index in [0.29, 0.717) is 26.1 Å². The highest BCUT2D eigenvalue weighted by atomic mass is 16.6. The minimum atomic E-state index is -1.27. The maximum atomic E-state index is 12.3. The fourth-order valence-electron chi connectivity index (χ4n) is 2.91. The molecule has 178 valence electrons. The first-order chi connectivity index (χ1) is 14.9. The van der Waals surface area contributed by atoms with Crippen molar-refractivity contribution in [2.45, 2.75) is 78.7 Å². The van der Waals surface area contributed by atoms with Gasteiger partial charge >= 0.3 is 12.1 Å². The first kappa shape index (κ1) is 27.5. The summed E-state index contributed by atoms with van der Waals surface area (Å²) in [5.74, 6) is 4.01. The number of esters is 1. The molecule has 0 saturated carbocycles. The van der Waals surface area contributed by atoms with Crippen molar-refractivity contribution < 1.29 is 28.9 Å². The Bertz CT molecular complexity index is 773. The second kappa shape index (κ2) is 13.1. The van der Waals surface area contributed by atoms with E-state index in [1.165, 1.54) is 0 Å². The van der Waals surface area contributed by atoms with E-state index in [2.05, 4.69) is 17.2 Å². The van der Waals surface area contributed by atoms with E-state index in [1.807, 2.05) is 44.2 Å². The zero-order valence-electron chi connectivity index (χ0n) is 20.1. The summed E-state index contributed by atoms with van der Waals surface area (Å²) in [5.41, 5.74) is 0.124. The summed E-state index contributed by atoms with van der Waals surface area (Å²) in [6.45, 7) is 12.2. The third-order valence-electron chi connectivity index (χ3n) is 4.49. The topological polar surface area (TPSA) is 94.1 Å². The minimum Gasteiger partial charge on any atom is -0.456 e. The van der Waals surface area contributed by atoms with Gasteiger partial charge in [0.25, 0.3) is 0 Å². The number of benzene rings is 1. The summed E-state index contributed by atoms with van der Waals surface area (Å²) in [5, 5.41) is 13.3. The fraction of sp³-hybridized carbons (Fsp3) is 0.600. The highest BCUT2D eigenvalue weighted by Gasteiger charge is 2.30. The van der Waals surface area contributed by atoms with Crippen molar-refractivity contribution in [3.8, 4) is 11.8 Å². The number of hydrogen-bond donors (Lipinski definition) is 2. The van der Waals surface area contributed by atoms with Crippen LogP contribution in [0.15, 0.2) is 30.3 Å². The van der Waals surface area contributed by atoms with Crippen molar-refractivity contribution in [2.75, 3.05) is 13.2 Å². The summed E-state index contributed by atoms with van der Waals surface area (Å²) in [6.07, 6.45) is -0.823. The van der Waals surface area contributed by atoms with E-state index >= 15 is 0 Å². The number of aliphatic hydroxyl groups excluding tert-OH is 1. The van der Waals surface area contributed by atoms with E-state index in [9.17, 15) is 14.7 Å². The van der Waals surface area contributed by atoms with Crippen LogP contribution in [0.5, 0.6) is 0 Å². The number of ether oxygens (including phenoxy) is 3. The maximum Gasteiger partial charge on any atom is 0.407 e. The molecule has 1 unspecified atom stereocenters. The van der Waals surface area contributed by atoms with E-state index in [1.54, 1.807) is 27.7 Å². The van der Waals surface area contributed by atoms with Gasteiger partial charge in [-0.1, -0.05) is 50.1 Å². The Morgan fingerprint density at radius 1 is 1.12 bits per heavy atom. The van der Waals surface area contributed by atoms with Gasteiger partial charge in [0.1, 0.15) is 11.7 Å². The van der Waals surface area contributed by atoms with Crippen LogP contribution in [0.2, 0.25) is 0 Å². The highest BCUT2D eigenvalue weighted by Crippen LogP contribution is 2.28. The van der Waals surface area contributed by atoms with Crippen molar-refractivity contribution in [2.24, 2.45) is 5.41 Å². The summed E-state index contributed by atoms with van der Waals surface area (Å²) in [6, 6.07) is 9.16. The first-order valence-corrected chi connectivity index (χ1v) is 10.9. The first-order valence-electron chi connectivity index (χ1n) is 10.9. The van der Waals surface area contributed by atoms with Crippen LogP contribution in [-0.2, 0) is 25.6 Å². The van der Waals surface area contributed by atoms with Crippen LogP contribution < -0.4 is 5.32 Å². The molecule has 0 radical (unpaired) electrons. The molecule has 1 aromatic rings. The lowest BCUT2D eigenvalue weighted by Crippen LogP contribution is -2.47. The lowest BCUT2D eigenvalue weighted by molar-refractivity contribution is -0.136. The zero-order chi connectivity index (χ0) is 24.2. The summed E-state index contributed by atoms with van der Waals surface area (Å²) in [4.78, 5) is 23.8. The number of alkyl carbamates (subject to hydrolysis) is 1. The molecule has 0 fully saturated rings. The molecule has 1 aromatic carbocycles. The van der Waals surface area contributed by atoms with Gasteiger partial charge in [0.05, 0.1) is 19.3 Å². The molecule has 2 N–H and O–H groups in total. The Morgan fingerprint density at radius 2 is 1.78 bits per heavy atom. The number of amides is 1. The molecule has 7 heteroatoms. The van der Waals surface area contributed by atoms with Crippen LogP contribution in [0.1, 0.15) is 59.9 Å². The largest absolute Gasteiger partial charge is 0.456 e. The van der Waals surface area contributed by atoms with Gasteiger partial charge in [0, 0.05) is 12.5 Å². The maximum absolute atomic E-state index is 12.3. The zero-order valence-corrected chi connectivity index (χ0v) is 20.1. The molecule has 0 saturated heterocycles. The smallest absolute Gasteiger partial charge is 0.407 e. The lowest BCUT2D eigenvalue weighted by atomic mass is 9.81. The molecule has 0 heterocycles. The molecule has 7 nitrogen and oxygen atoms in total. The van der Waals surface area contributed by atoms with Crippen molar-refractivity contribution in [1.82, 2.24) is 5.32 Å². The predicted octanol–water partition coefficient (Wildman–Crippen LogP) is 3.83. The van der Waals surface area contributed by atoms with Gasteiger partial charge in [-0.3, -0.25) is 0 Å². The fourth-order valence-corrected chi connectivity index (χ4v) is 2.91. The van der Waals surface area contributed by atoms with E-state index < -0.39 is 29.8 Å². The molecular formula is C25H37NO6. The number of hydrogen-bond acceptors (Lipinski definition) is 6.